The number of nitrogens with one attached hydrogen (secondary N) is 2. The number of benzene rings is 2. The smallest absolute Gasteiger partial charge is 0.240 e. The number of rotatable bonds is 8. The van der Waals surface area contributed by atoms with E-state index in [1.54, 1.807) is 32.4 Å². The van der Waals surface area contributed by atoms with E-state index >= 15 is 0 Å². The van der Waals surface area contributed by atoms with Gasteiger partial charge in [-0.3, -0.25) is 9.59 Å². The second kappa shape index (κ2) is 10.5. The van der Waals surface area contributed by atoms with Gasteiger partial charge >= 0.3 is 0 Å². The highest BCUT2D eigenvalue weighted by atomic mass is 127. The van der Waals surface area contributed by atoms with E-state index < -0.39 is 0 Å². The summed E-state index contributed by atoms with van der Waals surface area (Å²) in [5, 5.41) is 6.68. The highest BCUT2D eigenvalue weighted by molar-refractivity contribution is 14.1. The Morgan fingerprint density at radius 2 is 1.74 bits per heavy atom. The Morgan fingerprint density at radius 1 is 1.04 bits per heavy atom. The van der Waals surface area contributed by atoms with Gasteiger partial charge in [-0.15, -0.1) is 0 Å². The summed E-state index contributed by atoms with van der Waals surface area (Å²) in [6, 6.07) is 12.7. The van der Waals surface area contributed by atoms with Gasteiger partial charge < -0.3 is 14.8 Å². The molecule has 0 unspecified atom stereocenters. The molecule has 0 fully saturated rings. The lowest BCUT2D eigenvalue weighted by molar-refractivity contribution is -0.124. The number of para-hydroxylation sites is 1. The fraction of sp³-hybridized carbons (Fsp3) is 0.211. The van der Waals surface area contributed by atoms with Gasteiger partial charge in [0, 0.05) is 16.4 Å². The average molecular weight is 481 g/mol. The molecule has 142 valence electrons. The van der Waals surface area contributed by atoms with Gasteiger partial charge in [-0.1, -0.05) is 12.1 Å². The maximum Gasteiger partial charge on any atom is 0.240 e. The summed E-state index contributed by atoms with van der Waals surface area (Å²) >= 11 is 2.14. The maximum atomic E-state index is 11.9. The Hall–Kier alpha value is -2.62. The lowest BCUT2D eigenvalue weighted by Gasteiger charge is -2.07. The maximum absolute atomic E-state index is 11.9. The summed E-state index contributed by atoms with van der Waals surface area (Å²) < 4.78 is 11.3. The van der Waals surface area contributed by atoms with Crippen LogP contribution in [0.25, 0.3) is 0 Å². The van der Waals surface area contributed by atoms with Crippen LogP contribution in [0.5, 0.6) is 11.5 Å². The molecule has 0 spiro atoms. The summed E-state index contributed by atoms with van der Waals surface area (Å²) in [6.45, 7) is 0. The van der Waals surface area contributed by atoms with Gasteiger partial charge in [-0.25, -0.2) is 5.43 Å². The topological polar surface area (TPSA) is 89.0 Å². The van der Waals surface area contributed by atoms with E-state index in [-0.39, 0.29) is 24.7 Å². The van der Waals surface area contributed by atoms with Gasteiger partial charge in [0.15, 0.2) is 11.5 Å². The molecule has 2 amide bonds. The zero-order valence-electron chi connectivity index (χ0n) is 15.0. The molecule has 7 nitrogen and oxygen atoms in total. The number of methoxy groups -OCH3 is 2. The number of hydrogen-bond acceptors (Lipinski definition) is 5. The molecular weight excluding hydrogens is 461 g/mol. The first kappa shape index (κ1) is 20.7. The zero-order chi connectivity index (χ0) is 19.6. The third kappa shape index (κ3) is 6.55. The van der Waals surface area contributed by atoms with Crippen molar-refractivity contribution in [3.8, 4) is 11.5 Å². The third-order valence-corrected chi connectivity index (χ3v) is 4.48. The van der Waals surface area contributed by atoms with E-state index in [2.05, 4.69) is 38.4 Å². The third-order valence-electron chi connectivity index (χ3n) is 3.54. The molecule has 27 heavy (non-hydrogen) atoms. The fourth-order valence-electron chi connectivity index (χ4n) is 2.17. The number of ether oxygens (including phenoxy) is 2. The molecule has 0 bridgehead atoms. The van der Waals surface area contributed by atoms with Crippen molar-refractivity contribution in [2.75, 3.05) is 19.5 Å². The first-order chi connectivity index (χ1) is 13.0. The van der Waals surface area contributed by atoms with Crippen LogP contribution in [0.1, 0.15) is 18.4 Å². The summed E-state index contributed by atoms with van der Waals surface area (Å²) in [6.07, 6.45) is 1.60. The highest BCUT2D eigenvalue weighted by Gasteiger charge is 2.08. The molecule has 0 aliphatic heterocycles. The van der Waals surface area contributed by atoms with Crippen molar-refractivity contribution in [2.24, 2.45) is 5.10 Å². The predicted octanol–water partition coefficient (Wildman–Crippen LogP) is 3.18. The van der Waals surface area contributed by atoms with E-state index in [9.17, 15) is 9.59 Å². The molecule has 8 heteroatoms. The van der Waals surface area contributed by atoms with E-state index in [1.165, 1.54) is 6.21 Å². The molecule has 0 saturated carbocycles. The normalized spacial score (nSPS) is 10.5. The van der Waals surface area contributed by atoms with Crippen molar-refractivity contribution >= 4 is 46.3 Å². The predicted molar refractivity (Wildman–Crippen MR) is 112 cm³/mol. The van der Waals surface area contributed by atoms with Crippen molar-refractivity contribution in [2.45, 2.75) is 12.8 Å². The van der Waals surface area contributed by atoms with Crippen LogP contribution in [0.4, 0.5) is 5.69 Å². The molecule has 0 aromatic heterocycles. The molecule has 2 N–H and O–H groups in total. The molecule has 2 aromatic carbocycles. The molecule has 0 aliphatic carbocycles. The first-order valence-corrected chi connectivity index (χ1v) is 9.19. The second-order valence-electron chi connectivity index (χ2n) is 5.44. The van der Waals surface area contributed by atoms with Gasteiger partial charge in [0.1, 0.15) is 0 Å². The minimum atomic E-state index is -0.343. The SMILES string of the molecule is COc1ccc(C=NNC(=O)CCC(=O)Nc2ccccc2I)cc1OC. The first-order valence-electron chi connectivity index (χ1n) is 8.11. The van der Waals surface area contributed by atoms with Crippen LogP contribution in [0.2, 0.25) is 0 Å². The monoisotopic (exact) mass is 481 g/mol. The van der Waals surface area contributed by atoms with Gasteiger partial charge in [-0.2, -0.15) is 5.10 Å². The van der Waals surface area contributed by atoms with Crippen molar-refractivity contribution in [3.63, 3.8) is 0 Å². The Bertz CT molecular complexity index is 839. The minimum Gasteiger partial charge on any atom is -0.493 e. The zero-order valence-corrected chi connectivity index (χ0v) is 17.1. The Kier molecular flexibility index (Phi) is 8.05. The molecule has 2 rings (SSSR count). The van der Waals surface area contributed by atoms with Gasteiger partial charge in [-0.05, 0) is 58.5 Å². The summed E-state index contributed by atoms with van der Waals surface area (Å²) in [4.78, 5) is 23.8. The van der Waals surface area contributed by atoms with Crippen LogP contribution in [0, 0.1) is 3.57 Å². The van der Waals surface area contributed by atoms with Gasteiger partial charge in [0.2, 0.25) is 11.8 Å². The lowest BCUT2D eigenvalue weighted by Crippen LogP contribution is -2.20. The van der Waals surface area contributed by atoms with Crippen LogP contribution in [0.15, 0.2) is 47.6 Å². The quantitative estimate of drug-likeness (QED) is 0.345. The number of hydrogen-bond donors (Lipinski definition) is 2. The number of carbonyl (C=O) groups is 2. The number of halogens is 1. The molecule has 0 heterocycles. The Morgan fingerprint density at radius 3 is 2.44 bits per heavy atom. The van der Waals surface area contributed by atoms with Crippen molar-refractivity contribution in [3.05, 3.63) is 51.6 Å². The summed E-state index contributed by atoms with van der Waals surface area (Å²) in [7, 11) is 3.10. The molecule has 0 atom stereocenters. The number of carbonyl (C=O) groups excluding carboxylic acids is 2. The van der Waals surface area contributed by atoms with Crippen LogP contribution in [-0.2, 0) is 9.59 Å². The molecule has 0 aliphatic rings. The second-order valence-corrected chi connectivity index (χ2v) is 6.60. The number of nitrogens with zero attached hydrogens (tertiary/aromatic N) is 1. The van der Waals surface area contributed by atoms with E-state index in [1.807, 2.05) is 24.3 Å². The molecule has 0 saturated heterocycles. The van der Waals surface area contributed by atoms with E-state index in [0.29, 0.717) is 11.5 Å². The fourth-order valence-corrected chi connectivity index (χ4v) is 2.69. The van der Waals surface area contributed by atoms with E-state index in [0.717, 1.165) is 14.8 Å². The highest BCUT2D eigenvalue weighted by Crippen LogP contribution is 2.26. The lowest BCUT2D eigenvalue weighted by atomic mass is 10.2. The molecular formula is C19H20IN3O4. The van der Waals surface area contributed by atoms with Crippen molar-refractivity contribution in [1.82, 2.24) is 5.43 Å². The van der Waals surface area contributed by atoms with Gasteiger partial charge in [0.25, 0.3) is 0 Å². The number of hydrazone groups is 1. The molecule has 0 radical (unpaired) electrons. The van der Waals surface area contributed by atoms with Gasteiger partial charge in [0.05, 0.1) is 26.1 Å². The van der Waals surface area contributed by atoms with Crippen molar-refractivity contribution < 1.29 is 19.1 Å². The van der Waals surface area contributed by atoms with Crippen LogP contribution < -0.4 is 20.2 Å². The minimum absolute atomic E-state index is 0.0402. The Labute approximate surface area is 171 Å². The Balaban J connectivity index is 1.79. The number of amides is 2. The van der Waals surface area contributed by atoms with E-state index in [4.69, 9.17) is 9.47 Å². The van der Waals surface area contributed by atoms with Crippen LogP contribution in [-0.4, -0.2) is 32.2 Å². The number of anilines is 1. The van der Waals surface area contributed by atoms with Crippen LogP contribution >= 0.6 is 22.6 Å². The van der Waals surface area contributed by atoms with Crippen LogP contribution in [0.3, 0.4) is 0 Å². The van der Waals surface area contributed by atoms with Crippen molar-refractivity contribution in [1.29, 1.82) is 0 Å². The molecule has 2 aromatic rings. The summed E-state index contributed by atoms with van der Waals surface area (Å²) in [5.41, 5.74) is 3.88. The standard InChI is InChI=1S/C19H20IN3O4/c1-26-16-8-7-13(11-17(16)27-2)12-21-23-19(25)10-9-18(24)22-15-6-4-3-5-14(15)20/h3-8,11-12H,9-10H2,1-2H3,(H,22,24)(H,23,25). The summed E-state index contributed by atoms with van der Waals surface area (Å²) in [5.74, 6) is 0.612. The average Bonchev–Trinajstić information content (AvgIpc) is 2.68. The largest absolute Gasteiger partial charge is 0.493 e.